The normalized spacial score (nSPS) is 16.5. The molecule has 0 aromatic heterocycles. The van der Waals surface area contributed by atoms with Gasteiger partial charge in [0.1, 0.15) is 0 Å². The smallest absolute Gasteiger partial charge is 0.306 e. The number of carbonyl (C=O) groups is 1. The molecular formula is C9H20N2O5S. The van der Waals surface area contributed by atoms with Crippen LogP contribution >= 0.6 is 0 Å². The lowest BCUT2D eigenvalue weighted by Crippen LogP contribution is -2.51. The van der Waals surface area contributed by atoms with Gasteiger partial charge >= 0.3 is 5.97 Å². The number of hydrogen-bond donors (Lipinski definition) is 4. The number of aliphatic hydroxyl groups is 1. The SMILES string of the molecule is CC(O)(CNS(=O)(=O)NC(C)(C)C)CC(=O)O. The molecular weight excluding hydrogens is 248 g/mol. The summed E-state index contributed by atoms with van der Waals surface area (Å²) in [6.45, 7) is 5.89. The summed E-state index contributed by atoms with van der Waals surface area (Å²) in [4.78, 5) is 10.4. The minimum absolute atomic E-state index is 0.370. The van der Waals surface area contributed by atoms with Gasteiger partial charge in [-0.15, -0.1) is 0 Å². The average Bonchev–Trinajstić information content (AvgIpc) is 1.94. The van der Waals surface area contributed by atoms with Gasteiger partial charge in [-0.25, -0.2) is 0 Å². The lowest BCUT2D eigenvalue weighted by Gasteiger charge is -2.24. The second kappa shape index (κ2) is 5.30. The van der Waals surface area contributed by atoms with Crippen molar-refractivity contribution in [1.29, 1.82) is 0 Å². The molecule has 0 saturated heterocycles. The van der Waals surface area contributed by atoms with E-state index in [1.807, 2.05) is 0 Å². The van der Waals surface area contributed by atoms with Gasteiger partial charge in [-0.05, 0) is 27.7 Å². The van der Waals surface area contributed by atoms with Gasteiger partial charge in [-0.1, -0.05) is 0 Å². The van der Waals surface area contributed by atoms with E-state index >= 15 is 0 Å². The Morgan fingerprint density at radius 3 is 2.06 bits per heavy atom. The summed E-state index contributed by atoms with van der Waals surface area (Å²) in [5.74, 6) is -1.20. The highest BCUT2D eigenvalue weighted by atomic mass is 32.2. The lowest BCUT2D eigenvalue weighted by molar-refractivity contribution is -0.141. The first-order valence-corrected chi connectivity index (χ1v) is 6.54. The van der Waals surface area contributed by atoms with E-state index in [0.29, 0.717) is 0 Å². The van der Waals surface area contributed by atoms with Gasteiger partial charge < -0.3 is 10.2 Å². The maximum absolute atomic E-state index is 11.5. The van der Waals surface area contributed by atoms with Gasteiger partial charge in [-0.2, -0.15) is 17.9 Å². The fourth-order valence-corrected chi connectivity index (χ4v) is 2.46. The predicted octanol–water partition coefficient (Wildman–Crippen LogP) is -0.565. The topological polar surface area (TPSA) is 116 Å². The Bertz CT molecular complexity index is 369. The average molecular weight is 268 g/mol. The second-order valence-corrected chi connectivity index (χ2v) is 6.74. The summed E-state index contributed by atoms with van der Waals surface area (Å²) in [5.41, 5.74) is -2.27. The van der Waals surface area contributed by atoms with Crippen LogP contribution in [0.2, 0.25) is 0 Å². The first-order chi connectivity index (χ1) is 7.33. The van der Waals surface area contributed by atoms with Crippen LogP contribution in [0, 0.1) is 0 Å². The van der Waals surface area contributed by atoms with Crippen molar-refractivity contribution >= 4 is 16.2 Å². The monoisotopic (exact) mass is 268 g/mol. The molecule has 8 heteroatoms. The maximum atomic E-state index is 11.5. The summed E-state index contributed by atoms with van der Waals surface area (Å²) in [5, 5.41) is 18.1. The number of rotatable bonds is 6. The Kier molecular flexibility index (Phi) is 5.08. The van der Waals surface area contributed by atoms with Crippen LogP contribution in [0.4, 0.5) is 0 Å². The van der Waals surface area contributed by atoms with E-state index in [9.17, 15) is 18.3 Å². The molecule has 0 aliphatic heterocycles. The predicted molar refractivity (Wildman–Crippen MR) is 62.7 cm³/mol. The zero-order valence-corrected chi connectivity index (χ0v) is 11.3. The Morgan fingerprint density at radius 1 is 1.24 bits per heavy atom. The minimum atomic E-state index is -3.76. The summed E-state index contributed by atoms with van der Waals surface area (Å²) in [6, 6.07) is 0. The van der Waals surface area contributed by atoms with Crippen molar-refractivity contribution in [1.82, 2.24) is 9.44 Å². The van der Waals surface area contributed by atoms with Gasteiger partial charge in [0.25, 0.3) is 10.2 Å². The quantitative estimate of drug-likeness (QED) is 0.515. The Labute approximate surface area is 101 Å². The fourth-order valence-electron chi connectivity index (χ4n) is 1.08. The third-order valence-electron chi connectivity index (χ3n) is 1.62. The van der Waals surface area contributed by atoms with Crippen LogP contribution in [-0.4, -0.2) is 42.3 Å². The van der Waals surface area contributed by atoms with Crippen molar-refractivity contribution in [2.24, 2.45) is 0 Å². The van der Waals surface area contributed by atoms with Crippen LogP contribution in [0.25, 0.3) is 0 Å². The zero-order valence-electron chi connectivity index (χ0n) is 10.4. The van der Waals surface area contributed by atoms with E-state index in [1.54, 1.807) is 20.8 Å². The van der Waals surface area contributed by atoms with Crippen molar-refractivity contribution < 1.29 is 23.4 Å². The summed E-state index contributed by atoms with van der Waals surface area (Å²) in [7, 11) is -3.76. The second-order valence-electron chi connectivity index (χ2n) is 5.24. The number of aliphatic carboxylic acids is 1. The van der Waals surface area contributed by atoms with Gasteiger partial charge in [0.05, 0.1) is 12.0 Å². The molecule has 17 heavy (non-hydrogen) atoms. The molecule has 0 amide bonds. The zero-order chi connectivity index (χ0) is 13.9. The van der Waals surface area contributed by atoms with Crippen LogP contribution < -0.4 is 9.44 Å². The van der Waals surface area contributed by atoms with E-state index in [0.717, 1.165) is 0 Å². The van der Waals surface area contributed by atoms with Crippen molar-refractivity contribution in [3.05, 3.63) is 0 Å². The fraction of sp³-hybridized carbons (Fsp3) is 0.889. The van der Waals surface area contributed by atoms with E-state index in [1.165, 1.54) is 6.92 Å². The molecule has 1 unspecified atom stereocenters. The molecule has 0 aliphatic carbocycles. The van der Waals surface area contributed by atoms with Crippen molar-refractivity contribution in [3.8, 4) is 0 Å². The molecule has 0 heterocycles. The third-order valence-corrected chi connectivity index (χ3v) is 3.02. The Morgan fingerprint density at radius 2 is 1.71 bits per heavy atom. The van der Waals surface area contributed by atoms with E-state index in [2.05, 4.69) is 9.44 Å². The Balaban J connectivity index is 4.42. The molecule has 7 nitrogen and oxygen atoms in total. The van der Waals surface area contributed by atoms with Crippen LogP contribution in [0.3, 0.4) is 0 Å². The van der Waals surface area contributed by atoms with Gasteiger partial charge in [0, 0.05) is 12.1 Å². The number of nitrogens with one attached hydrogen (secondary N) is 2. The van der Waals surface area contributed by atoms with E-state index < -0.39 is 33.7 Å². The molecule has 0 bridgehead atoms. The largest absolute Gasteiger partial charge is 0.481 e. The minimum Gasteiger partial charge on any atom is -0.481 e. The molecule has 0 aliphatic rings. The first kappa shape index (κ1) is 16.3. The molecule has 102 valence electrons. The van der Waals surface area contributed by atoms with Crippen LogP contribution in [0.1, 0.15) is 34.1 Å². The number of carboxylic acid groups (broad SMARTS) is 1. The van der Waals surface area contributed by atoms with Gasteiger partial charge in [-0.3, -0.25) is 4.79 Å². The van der Waals surface area contributed by atoms with Crippen LogP contribution in [0.15, 0.2) is 0 Å². The standard InChI is InChI=1S/C9H20N2O5S/c1-8(2,3)11-17(15,16)10-6-9(4,14)5-7(12)13/h10-11,14H,5-6H2,1-4H3,(H,12,13). The molecule has 0 saturated carbocycles. The molecule has 4 N–H and O–H groups in total. The Hall–Kier alpha value is -0.700. The van der Waals surface area contributed by atoms with Crippen LogP contribution in [0.5, 0.6) is 0 Å². The number of hydrogen-bond acceptors (Lipinski definition) is 4. The highest BCUT2D eigenvalue weighted by Gasteiger charge is 2.27. The highest BCUT2D eigenvalue weighted by molar-refractivity contribution is 7.87. The van der Waals surface area contributed by atoms with Crippen molar-refractivity contribution in [3.63, 3.8) is 0 Å². The molecule has 0 radical (unpaired) electrons. The van der Waals surface area contributed by atoms with E-state index in [-0.39, 0.29) is 6.54 Å². The molecule has 0 fully saturated rings. The van der Waals surface area contributed by atoms with Crippen LogP contribution in [-0.2, 0) is 15.0 Å². The lowest BCUT2D eigenvalue weighted by atomic mass is 10.0. The van der Waals surface area contributed by atoms with Crippen molar-refractivity contribution in [2.75, 3.05) is 6.54 Å². The summed E-state index contributed by atoms with van der Waals surface area (Å²) in [6.07, 6.45) is -0.537. The first-order valence-electron chi connectivity index (χ1n) is 5.06. The van der Waals surface area contributed by atoms with Gasteiger partial charge in [0.15, 0.2) is 0 Å². The third kappa shape index (κ3) is 9.04. The molecule has 1 atom stereocenters. The number of carboxylic acids is 1. The molecule has 0 spiro atoms. The summed E-state index contributed by atoms with van der Waals surface area (Å²) < 4.78 is 27.4. The maximum Gasteiger partial charge on any atom is 0.306 e. The molecule has 0 rings (SSSR count). The van der Waals surface area contributed by atoms with E-state index in [4.69, 9.17) is 5.11 Å². The molecule has 0 aromatic rings. The van der Waals surface area contributed by atoms with Crippen molar-refractivity contribution in [2.45, 2.75) is 45.3 Å². The summed E-state index contributed by atoms with van der Waals surface area (Å²) >= 11 is 0. The molecule has 0 aromatic carbocycles. The highest BCUT2D eigenvalue weighted by Crippen LogP contribution is 2.08. The van der Waals surface area contributed by atoms with Gasteiger partial charge in [0.2, 0.25) is 0 Å².